The van der Waals surface area contributed by atoms with Gasteiger partial charge in [0.2, 0.25) is 0 Å². The van der Waals surface area contributed by atoms with Crippen molar-refractivity contribution in [2.75, 3.05) is 18.9 Å². The van der Waals surface area contributed by atoms with E-state index in [-0.39, 0.29) is 23.3 Å². The van der Waals surface area contributed by atoms with Crippen molar-refractivity contribution in [3.63, 3.8) is 0 Å². The number of carbonyl (C=O) groups is 1. The Morgan fingerprint density at radius 1 is 1.16 bits per heavy atom. The molecule has 0 spiro atoms. The van der Waals surface area contributed by atoms with E-state index in [1.807, 2.05) is 0 Å². The van der Waals surface area contributed by atoms with Crippen LogP contribution >= 0.6 is 15.6 Å². The van der Waals surface area contributed by atoms with Crippen molar-refractivity contribution in [3.8, 4) is 0 Å². The fraction of sp³-hybridized carbons (Fsp3) is 0.625. The number of hydrogen-bond donors (Lipinski definition) is 7. The highest BCUT2D eigenvalue weighted by atomic mass is 31.3. The largest absolute Gasteiger partial charge is 0.789 e. The number of aromatic nitrogens is 4. The molecule has 9 atom stereocenters. The van der Waals surface area contributed by atoms with E-state index in [4.69, 9.17) is 15.0 Å². The van der Waals surface area contributed by atoms with Gasteiger partial charge in [0.15, 0.2) is 24.0 Å². The minimum Gasteiger partial charge on any atom is -0.789 e. The second-order valence-corrected chi connectivity index (χ2v) is 10.7. The third kappa shape index (κ3) is 6.76. The molecule has 2 aromatic heterocycles. The van der Waals surface area contributed by atoms with Gasteiger partial charge in [0, 0.05) is 0 Å². The van der Waals surface area contributed by atoms with E-state index in [2.05, 4.69) is 23.8 Å². The molecule has 20 nitrogen and oxygen atoms in total. The molecule has 3 heterocycles. The first-order valence-corrected chi connectivity index (χ1v) is 13.3. The van der Waals surface area contributed by atoms with E-state index < -0.39 is 77.8 Å². The van der Waals surface area contributed by atoms with E-state index in [1.165, 1.54) is 4.57 Å². The van der Waals surface area contributed by atoms with Crippen LogP contribution in [0.2, 0.25) is 0 Å². The van der Waals surface area contributed by atoms with Gasteiger partial charge in [-0.2, -0.15) is 0 Å². The topological polar surface area (TPSA) is 325 Å². The van der Waals surface area contributed by atoms with Crippen molar-refractivity contribution in [1.29, 1.82) is 0 Å². The molecule has 0 aliphatic carbocycles. The maximum atomic E-state index is 12.9. The second-order valence-electron chi connectivity index (χ2n) is 7.84. The predicted molar refractivity (Wildman–Crippen MR) is 114 cm³/mol. The van der Waals surface area contributed by atoms with Gasteiger partial charge in [-0.25, -0.2) is 19.5 Å². The lowest BCUT2D eigenvalue weighted by molar-refractivity contribution is -0.335. The van der Waals surface area contributed by atoms with Gasteiger partial charge < -0.3 is 60.3 Å². The van der Waals surface area contributed by atoms with Crippen LogP contribution in [-0.4, -0.2) is 112 Å². The van der Waals surface area contributed by atoms with Gasteiger partial charge in [-0.1, -0.05) is 0 Å². The minimum absolute atomic E-state index is 0.00274. The predicted octanol–water partition coefficient (Wildman–Crippen LogP) is -5.34. The molecule has 38 heavy (non-hydrogen) atoms. The summed E-state index contributed by atoms with van der Waals surface area (Å²) in [5.74, 6) is 0.00274. The van der Waals surface area contributed by atoms with Crippen molar-refractivity contribution in [1.82, 2.24) is 19.5 Å². The lowest BCUT2D eigenvalue weighted by atomic mass is 10.0. The number of fused-ring (bicyclic) bond motifs is 1. The smallest absolute Gasteiger partial charge is 0.479 e. The Hall–Kier alpha value is -2.00. The molecular formula is C16H23N5O15P2-2. The lowest BCUT2D eigenvalue weighted by Gasteiger charge is -2.35. The normalized spacial score (nSPS) is 27.1. The molecule has 3 rings (SSSR count). The summed E-state index contributed by atoms with van der Waals surface area (Å²) in [7, 11) is -11.7. The Kier molecular flexibility index (Phi) is 9.67. The van der Waals surface area contributed by atoms with Gasteiger partial charge in [0.05, 0.1) is 27.4 Å². The summed E-state index contributed by atoms with van der Waals surface area (Å²) in [6.45, 7) is -2.38. The molecule has 8 N–H and O–H groups in total. The van der Waals surface area contributed by atoms with Crippen LogP contribution in [-0.2, 0) is 32.0 Å². The van der Waals surface area contributed by atoms with Crippen molar-refractivity contribution in [2.24, 2.45) is 0 Å². The number of nitrogens with two attached hydrogens (primary N) is 1. The number of rotatable bonds is 13. The lowest BCUT2D eigenvalue weighted by Crippen LogP contribution is -2.47. The molecule has 1 saturated heterocycles. The summed E-state index contributed by atoms with van der Waals surface area (Å²) in [5, 5.41) is 59.3. The number of aldehydes is 1. The average Bonchev–Trinajstić information content (AvgIpc) is 3.40. The zero-order valence-electron chi connectivity index (χ0n) is 18.9. The number of imidazole rings is 1. The molecule has 9 unspecified atom stereocenters. The van der Waals surface area contributed by atoms with Crippen molar-refractivity contribution in [3.05, 3.63) is 12.7 Å². The average molecular weight is 587 g/mol. The third-order valence-electron chi connectivity index (χ3n) is 5.26. The van der Waals surface area contributed by atoms with Gasteiger partial charge in [0.25, 0.3) is 0 Å². The molecule has 0 amide bonds. The van der Waals surface area contributed by atoms with Crippen LogP contribution in [0.15, 0.2) is 12.7 Å². The SMILES string of the molecule is Nc1ncnc2c1ncn2C1OC(COP(=O)(OC(CO)C(O)C(O)C(O)C=O)OP(=O)([O-])[O-])C(O)C1O. The highest BCUT2D eigenvalue weighted by molar-refractivity contribution is 7.60. The van der Waals surface area contributed by atoms with Crippen molar-refractivity contribution in [2.45, 2.75) is 49.0 Å². The first kappa shape index (κ1) is 30.5. The first-order valence-electron chi connectivity index (χ1n) is 10.4. The van der Waals surface area contributed by atoms with Gasteiger partial charge in [-0.05, 0) is 0 Å². The summed E-state index contributed by atoms with van der Waals surface area (Å²) in [6.07, 6.45) is -13.5. The number of anilines is 1. The number of aliphatic hydroxyl groups is 6. The molecule has 0 aromatic carbocycles. The van der Waals surface area contributed by atoms with Gasteiger partial charge in [0.1, 0.15) is 54.6 Å². The molecule has 1 fully saturated rings. The van der Waals surface area contributed by atoms with Crippen LogP contribution in [0.4, 0.5) is 5.82 Å². The summed E-state index contributed by atoms with van der Waals surface area (Å²) in [6, 6.07) is 0. The van der Waals surface area contributed by atoms with Crippen molar-refractivity contribution < 1.29 is 72.4 Å². The fourth-order valence-corrected chi connectivity index (χ4v) is 5.62. The highest BCUT2D eigenvalue weighted by Gasteiger charge is 2.47. The first-order chi connectivity index (χ1) is 17.7. The van der Waals surface area contributed by atoms with Gasteiger partial charge in [-0.3, -0.25) is 17.9 Å². The summed E-state index contributed by atoms with van der Waals surface area (Å²) >= 11 is 0. The Morgan fingerprint density at radius 3 is 2.45 bits per heavy atom. The summed E-state index contributed by atoms with van der Waals surface area (Å²) in [5.41, 5.74) is 5.94. The molecular weight excluding hydrogens is 564 g/mol. The minimum atomic E-state index is -6.14. The zero-order valence-corrected chi connectivity index (χ0v) is 20.7. The molecule has 2 aromatic rings. The Morgan fingerprint density at radius 2 is 1.84 bits per heavy atom. The Balaban J connectivity index is 1.78. The summed E-state index contributed by atoms with van der Waals surface area (Å²) in [4.78, 5) is 44.6. The summed E-state index contributed by atoms with van der Waals surface area (Å²) < 4.78 is 44.0. The van der Waals surface area contributed by atoms with E-state index in [1.54, 1.807) is 0 Å². The maximum Gasteiger partial charge on any atom is 0.479 e. The number of nitrogens with zero attached hydrogens (tertiary/aromatic N) is 4. The Bertz CT molecular complexity index is 1210. The molecule has 1 aliphatic rings. The molecule has 1 aliphatic heterocycles. The second kappa shape index (κ2) is 12.0. The van der Waals surface area contributed by atoms with Crippen LogP contribution in [0, 0.1) is 0 Å². The monoisotopic (exact) mass is 587 g/mol. The fourth-order valence-electron chi connectivity index (χ4n) is 3.39. The standard InChI is InChI=1S/C16H25N5O15P2/c17-14-9-15(19-4-18-14)21(5-20-9)16-13(28)12(27)8(34-16)3-33-38(32,36-37(29,30)31)35-7(2-23)11(26)10(25)6(24)1-22/h1,4-8,10-13,16,23-28H,2-3H2,(H2,17,18,19)(H2,29,30,31)/p-2. The van der Waals surface area contributed by atoms with Crippen LogP contribution in [0.1, 0.15) is 6.23 Å². The van der Waals surface area contributed by atoms with Gasteiger partial charge >= 0.3 is 7.82 Å². The molecule has 214 valence electrons. The number of aliphatic hydroxyl groups excluding tert-OH is 6. The molecule has 0 radical (unpaired) electrons. The van der Waals surface area contributed by atoms with Crippen LogP contribution in [0.25, 0.3) is 11.2 Å². The maximum absolute atomic E-state index is 12.9. The number of hydrogen-bond acceptors (Lipinski definition) is 19. The van der Waals surface area contributed by atoms with Crippen molar-refractivity contribution >= 4 is 38.9 Å². The number of nitrogen functional groups attached to an aromatic ring is 1. The quantitative estimate of drug-likeness (QED) is 0.0849. The number of phosphoric ester groups is 1. The molecule has 0 bridgehead atoms. The number of carbonyl (C=O) groups excluding carboxylic acids is 1. The van der Waals surface area contributed by atoms with E-state index >= 15 is 0 Å². The third-order valence-corrected chi connectivity index (χ3v) is 7.85. The zero-order chi connectivity index (χ0) is 28.4. The Labute approximate surface area is 212 Å². The number of phosphoric acid groups is 2. The van der Waals surface area contributed by atoms with Crippen LogP contribution < -0.4 is 15.5 Å². The van der Waals surface area contributed by atoms with Crippen LogP contribution in [0.5, 0.6) is 0 Å². The molecule has 22 heteroatoms. The van der Waals surface area contributed by atoms with E-state index in [9.17, 15) is 54.4 Å². The van der Waals surface area contributed by atoms with E-state index in [0.29, 0.717) is 0 Å². The molecule has 0 saturated carbocycles. The number of ether oxygens (including phenoxy) is 1. The van der Waals surface area contributed by atoms with E-state index in [0.717, 1.165) is 12.7 Å². The van der Waals surface area contributed by atoms with Gasteiger partial charge in [-0.15, -0.1) is 0 Å². The highest BCUT2D eigenvalue weighted by Crippen LogP contribution is 2.59. The van der Waals surface area contributed by atoms with Crippen LogP contribution in [0.3, 0.4) is 0 Å².